The highest BCUT2D eigenvalue weighted by Gasteiger charge is 2.37. The van der Waals surface area contributed by atoms with Crippen molar-refractivity contribution in [3.8, 4) is 5.75 Å². The molecule has 24 heavy (non-hydrogen) atoms. The second-order valence-corrected chi connectivity index (χ2v) is 5.94. The van der Waals surface area contributed by atoms with E-state index in [2.05, 4.69) is 5.10 Å². The summed E-state index contributed by atoms with van der Waals surface area (Å²) in [6, 6.07) is 1.50. The van der Waals surface area contributed by atoms with E-state index in [0.29, 0.717) is 5.75 Å². The number of aliphatic hydroxyl groups excluding tert-OH is 1. The van der Waals surface area contributed by atoms with Crippen molar-refractivity contribution >= 4 is 17.5 Å². The number of halogens is 3. The Hall–Kier alpha value is -2.19. The molecule has 1 aromatic heterocycles. The van der Waals surface area contributed by atoms with Crippen LogP contribution in [0.5, 0.6) is 5.75 Å². The topological polar surface area (TPSA) is 67.6 Å². The molecule has 0 bridgehead atoms. The highest BCUT2D eigenvalue weighted by Crippen LogP contribution is 2.25. The van der Waals surface area contributed by atoms with Gasteiger partial charge in [-0.25, -0.2) is 8.78 Å². The first-order valence-electron chi connectivity index (χ1n) is 7.12. The number of hydrogen-bond donors (Lipinski definition) is 1. The minimum absolute atomic E-state index is 0.000906. The number of carbonyl (C=O) groups excluding carboxylic acids is 1. The molecule has 2 atom stereocenters. The SMILES string of the molecule is Cn1cc(O[C@@H]2CN(C(=O)c3cc(F)c(F)cc3Cl)C[C@H]2O)cn1. The molecule has 1 N–H and O–H groups in total. The Morgan fingerprint density at radius 2 is 2.08 bits per heavy atom. The molecule has 1 amide bonds. The van der Waals surface area contributed by atoms with Gasteiger partial charge in [0.2, 0.25) is 0 Å². The Balaban J connectivity index is 1.74. The maximum Gasteiger partial charge on any atom is 0.255 e. The lowest BCUT2D eigenvalue weighted by Gasteiger charge is -2.17. The molecule has 1 aliphatic heterocycles. The fourth-order valence-electron chi connectivity index (χ4n) is 2.53. The molecule has 1 saturated heterocycles. The molecule has 9 heteroatoms. The van der Waals surface area contributed by atoms with Gasteiger partial charge in [0, 0.05) is 7.05 Å². The van der Waals surface area contributed by atoms with Crippen molar-refractivity contribution in [1.29, 1.82) is 0 Å². The van der Waals surface area contributed by atoms with Crippen LogP contribution in [0.25, 0.3) is 0 Å². The summed E-state index contributed by atoms with van der Waals surface area (Å²) < 4.78 is 33.6. The molecule has 1 fully saturated rings. The molecular formula is C15H14ClF2N3O3. The van der Waals surface area contributed by atoms with Gasteiger partial charge in [-0.3, -0.25) is 9.48 Å². The number of likely N-dealkylation sites (tertiary alicyclic amines) is 1. The van der Waals surface area contributed by atoms with Gasteiger partial charge in [0.1, 0.15) is 12.2 Å². The Morgan fingerprint density at radius 3 is 2.75 bits per heavy atom. The van der Waals surface area contributed by atoms with Crippen LogP contribution in [0.2, 0.25) is 5.02 Å². The van der Waals surface area contributed by atoms with Gasteiger partial charge in [-0.2, -0.15) is 5.10 Å². The van der Waals surface area contributed by atoms with E-state index in [1.807, 2.05) is 0 Å². The first-order chi connectivity index (χ1) is 11.3. The molecule has 3 rings (SSSR count). The fraction of sp³-hybridized carbons (Fsp3) is 0.333. The van der Waals surface area contributed by atoms with Crippen molar-refractivity contribution in [2.45, 2.75) is 12.2 Å². The van der Waals surface area contributed by atoms with Crippen LogP contribution in [-0.4, -0.2) is 51.0 Å². The van der Waals surface area contributed by atoms with E-state index in [1.165, 1.54) is 11.1 Å². The van der Waals surface area contributed by atoms with Crippen molar-refractivity contribution in [3.63, 3.8) is 0 Å². The van der Waals surface area contributed by atoms with Gasteiger partial charge in [-0.15, -0.1) is 0 Å². The summed E-state index contributed by atoms with van der Waals surface area (Å²) in [4.78, 5) is 13.7. The Kier molecular flexibility index (Phi) is 4.42. The lowest BCUT2D eigenvalue weighted by atomic mass is 10.2. The number of amides is 1. The zero-order valence-corrected chi connectivity index (χ0v) is 13.4. The predicted molar refractivity (Wildman–Crippen MR) is 80.9 cm³/mol. The van der Waals surface area contributed by atoms with Crippen molar-refractivity contribution < 1.29 is 23.4 Å². The van der Waals surface area contributed by atoms with Gasteiger partial charge in [0.05, 0.1) is 36.1 Å². The van der Waals surface area contributed by atoms with Gasteiger partial charge in [-0.1, -0.05) is 11.6 Å². The zero-order valence-electron chi connectivity index (χ0n) is 12.6. The quantitative estimate of drug-likeness (QED) is 0.848. The van der Waals surface area contributed by atoms with Crippen molar-refractivity contribution in [1.82, 2.24) is 14.7 Å². The molecule has 128 valence electrons. The van der Waals surface area contributed by atoms with Gasteiger partial charge in [0.15, 0.2) is 17.4 Å². The third-order valence-electron chi connectivity index (χ3n) is 3.73. The number of hydrogen-bond acceptors (Lipinski definition) is 4. The Morgan fingerprint density at radius 1 is 1.38 bits per heavy atom. The maximum atomic E-state index is 13.4. The Labute approximate surface area is 141 Å². The third-order valence-corrected chi connectivity index (χ3v) is 4.05. The summed E-state index contributed by atoms with van der Waals surface area (Å²) in [5.74, 6) is -2.43. The van der Waals surface area contributed by atoms with Gasteiger partial charge < -0.3 is 14.7 Å². The van der Waals surface area contributed by atoms with Crippen LogP contribution >= 0.6 is 11.6 Å². The standard InChI is InChI=1S/C15H14ClF2N3O3/c1-20-5-8(4-19-20)24-14-7-21(6-13(14)22)15(23)9-2-11(17)12(18)3-10(9)16/h2-5,13-14,22H,6-7H2,1H3/t13-,14-/m1/s1. The normalized spacial score (nSPS) is 20.5. The first-order valence-corrected chi connectivity index (χ1v) is 7.50. The molecule has 0 radical (unpaired) electrons. The number of carbonyl (C=O) groups is 1. The fourth-order valence-corrected chi connectivity index (χ4v) is 2.76. The summed E-state index contributed by atoms with van der Waals surface area (Å²) in [6.45, 7) is 0.0866. The second-order valence-electron chi connectivity index (χ2n) is 5.53. The Bertz CT molecular complexity index is 783. The van der Waals surface area contributed by atoms with E-state index in [-0.39, 0.29) is 23.7 Å². The summed E-state index contributed by atoms with van der Waals surface area (Å²) in [6.07, 6.45) is 1.55. The van der Waals surface area contributed by atoms with E-state index in [4.69, 9.17) is 16.3 Å². The van der Waals surface area contributed by atoms with Crippen LogP contribution in [0.3, 0.4) is 0 Å². The summed E-state index contributed by atoms with van der Waals surface area (Å²) >= 11 is 5.82. The molecule has 2 aromatic rings. The zero-order chi connectivity index (χ0) is 17.4. The molecular weight excluding hydrogens is 344 g/mol. The van der Waals surface area contributed by atoms with Crippen molar-refractivity contribution in [2.24, 2.45) is 7.05 Å². The number of aromatic nitrogens is 2. The number of ether oxygens (including phenoxy) is 1. The highest BCUT2D eigenvalue weighted by atomic mass is 35.5. The van der Waals surface area contributed by atoms with E-state index >= 15 is 0 Å². The molecule has 0 aliphatic carbocycles. The second kappa shape index (κ2) is 6.37. The molecule has 2 heterocycles. The predicted octanol–water partition coefficient (Wildman–Crippen LogP) is 1.62. The first kappa shape index (κ1) is 16.7. The smallest absolute Gasteiger partial charge is 0.255 e. The number of nitrogens with zero attached hydrogens (tertiary/aromatic N) is 3. The summed E-state index contributed by atoms with van der Waals surface area (Å²) in [7, 11) is 1.72. The highest BCUT2D eigenvalue weighted by molar-refractivity contribution is 6.33. The van der Waals surface area contributed by atoms with Crippen LogP contribution in [0.15, 0.2) is 24.5 Å². The number of rotatable bonds is 3. The number of β-amino-alcohol motifs (C(OH)–C–C–N with tert-alkyl or cyclic N) is 1. The molecule has 0 spiro atoms. The minimum atomic E-state index is -1.16. The maximum absolute atomic E-state index is 13.4. The van der Waals surface area contributed by atoms with Crippen LogP contribution < -0.4 is 4.74 Å². The summed E-state index contributed by atoms with van der Waals surface area (Å²) in [5, 5.41) is 13.8. The van der Waals surface area contributed by atoms with Crippen LogP contribution in [0, 0.1) is 11.6 Å². The van der Waals surface area contributed by atoms with Crippen LogP contribution in [0.1, 0.15) is 10.4 Å². The summed E-state index contributed by atoms with van der Waals surface area (Å²) in [5.41, 5.74) is -0.162. The lowest BCUT2D eigenvalue weighted by Crippen LogP contribution is -2.31. The van der Waals surface area contributed by atoms with Crippen molar-refractivity contribution in [3.05, 3.63) is 46.7 Å². The van der Waals surface area contributed by atoms with E-state index in [1.54, 1.807) is 17.9 Å². The number of aryl methyl sites for hydroxylation is 1. The largest absolute Gasteiger partial charge is 0.482 e. The van der Waals surface area contributed by atoms with E-state index in [0.717, 1.165) is 12.1 Å². The monoisotopic (exact) mass is 357 g/mol. The number of aliphatic hydroxyl groups is 1. The van der Waals surface area contributed by atoms with Gasteiger partial charge >= 0.3 is 0 Å². The van der Waals surface area contributed by atoms with Gasteiger partial charge in [-0.05, 0) is 12.1 Å². The third kappa shape index (κ3) is 3.20. The van der Waals surface area contributed by atoms with E-state index in [9.17, 15) is 18.7 Å². The molecule has 1 aliphatic rings. The number of benzene rings is 1. The molecule has 6 nitrogen and oxygen atoms in total. The average Bonchev–Trinajstić information content (AvgIpc) is 3.09. The van der Waals surface area contributed by atoms with Crippen molar-refractivity contribution in [2.75, 3.05) is 13.1 Å². The van der Waals surface area contributed by atoms with Crippen LogP contribution in [-0.2, 0) is 7.05 Å². The molecule has 0 unspecified atom stereocenters. The van der Waals surface area contributed by atoms with Gasteiger partial charge in [0.25, 0.3) is 5.91 Å². The minimum Gasteiger partial charge on any atom is -0.482 e. The molecule has 1 aromatic carbocycles. The van der Waals surface area contributed by atoms with E-state index < -0.39 is 29.7 Å². The van der Waals surface area contributed by atoms with Crippen LogP contribution in [0.4, 0.5) is 8.78 Å². The molecule has 0 saturated carbocycles. The lowest BCUT2D eigenvalue weighted by molar-refractivity contribution is 0.0729. The average molecular weight is 358 g/mol.